The zero-order chi connectivity index (χ0) is 20.6. The molecule has 1 aliphatic carbocycles. The number of fused-ring (bicyclic) bond motifs is 10. The highest BCUT2D eigenvalue weighted by atomic mass is 15.2. The highest BCUT2D eigenvalue weighted by Gasteiger charge is 2.51. The summed E-state index contributed by atoms with van der Waals surface area (Å²) in [4.78, 5) is 15.4. The Morgan fingerprint density at radius 2 is 1.62 bits per heavy atom. The Morgan fingerprint density at radius 3 is 2.53 bits per heavy atom. The summed E-state index contributed by atoms with van der Waals surface area (Å²) >= 11 is 0. The van der Waals surface area contributed by atoms with Gasteiger partial charge in [-0.1, -0.05) is 66.8 Å². The average Bonchev–Trinajstić information content (AvgIpc) is 3.50. The molecule has 2 aromatic heterocycles. The fraction of sp³-hybridized carbons (Fsp3) is 0.115. The van der Waals surface area contributed by atoms with E-state index in [0.717, 1.165) is 41.4 Å². The number of hydrogen-bond acceptors (Lipinski definition) is 3. The summed E-state index contributed by atoms with van der Waals surface area (Å²) in [7, 11) is 0. The Morgan fingerprint density at radius 1 is 0.812 bits per heavy atom. The first-order valence-electron chi connectivity index (χ1n) is 11.3. The molecule has 4 aromatic rings. The molecule has 1 unspecified atom stereocenters. The van der Waals surface area contributed by atoms with Crippen LogP contribution in [0.25, 0.3) is 27.6 Å². The quantitative estimate of drug-likeness (QED) is 0.399. The van der Waals surface area contributed by atoms with Crippen LogP contribution >= 0.6 is 0 Å². The molecule has 4 aliphatic heterocycles. The first-order chi connectivity index (χ1) is 15.9. The second-order valence-corrected chi connectivity index (χ2v) is 9.17. The zero-order valence-electron chi connectivity index (χ0n) is 17.2. The van der Waals surface area contributed by atoms with E-state index < -0.39 is 0 Å². The fourth-order valence-corrected chi connectivity index (χ4v) is 6.37. The average molecular weight is 409 g/mol. The van der Waals surface area contributed by atoms with Crippen LogP contribution in [0.1, 0.15) is 24.4 Å². The molecule has 0 saturated heterocycles. The standard InChI is InChI=1S/C26H16BN5/c1-5-11-18-14(7-1)21-13-20-22-15-8-2-6-12-19(15)26-30-24-17-10-4-3-9-16(17)23(28-24)29-25(18)31(21)27(20)32(22)26/h1-3,5-9,11-13,20H,4,10H2. The minimum absolute atomic E-state index is 0.184. The highest BCUT2D eigenvalue weighted by Crippen LogP contribution is 2.48. The highest BCUT2D eigenvalue weighted by molar-refractivity contribution is 6.65. The second kappa shape index (κ2) is 5.10. The number of nitrogens with zero attached hydrogens (tertiary/aromatic N) is 5. The smallest absolute Gasteiger partial charge is 0.352 e. The van der Waals surface area contributed by atoms with Gasteiger partial charge in [-0.2, -0.15) is 0 Å². The van der Waals surface area contributed by atoms with Gasteiger partial charge in [0, 0.05) is 49.6 Å². The third-order valence-electron chi connectivity index (χ3n) is 7.68. The van der Waals surface area contributed by atoms with Crippen LogP contribution in [-0.2, 0) is 0 Å². The molecule has 2 bridgehead atoms. The van der Waals surface area contributed by atoms with Crippen molar-refractivity contribution < 1.29 is 0 Å². The predicted molar refractivity (Wildman–Crippen MR) is 128 cm³/mol. The number of allylic oxidation sites excluding steroid dienone is 1. The Hall–Kier alpha value is -3.93. The summed E-state index contributed by atoms with van der Waals surface area (Å²) in [5.74, 6) is 3.02. The SMILES string of the molecule is C1=CC2=C(CC1)C1=Nc3c4ccccc4c4n3B3C4C=c4c5ccccc5c(n43)=NC2=N1. The number of aromatic nitrogens is 2. The summed E-state index contributed by atoms with van der Waals surface area (Å²) in [5, 5.41) is 6.25. The molecule has 0 N–H and O–H groups in total. The molecular formula is C26H16BN5. The Bertz CT molecular complexity index is 1840. The van der Waals surface area contributed by atoms with E-state index in [4.69, 9.17) is 15.0 Å². The molecular weight excluding hydrogens is 393 g/mol. The van der Waals surface area contributed by atoms with Crippen LogP contribution in [-0.4, -0.2) is 27.6 Å². The Kier molecular flexibility index (Phi) is 2.52. The lowest BCUT2D eigenvalue weighted by Crippen LogP contribution is -2.52. The van der Waals surface area contributed by atoms with Crippen molar-refractivity contribution in [3.8, 4) is 0 Å². The summed E-state index contributed by atoms with van der Waals surface area (Å²) in [5.41, 5.74) is 4.74. The van der Waals surface area contributed by atoms with Gasteiger partial charge in [-0.15, -0.1) is 0 Å². The maximum Gasteiger partial charge on any atom is 0.400 e. The molecule has 0 spiro atoms. The first kappa shape index (κ1) is 15.8. The number of hydrogen-bond donors (Lipinski definition) is 0. The van der Waals surface area contributed by atoms with E-state index in [1.165, 1.54) is 38.2 Å². The van der Waals surface area contributed by atoms with Crippen molar-refractivity contribution in [3.63, 3.8) is 0 Å². The lowest BCUT2D eigenvalue weighted by atomic mass is 9.54. The molecule has 148 valence electrons. The largest absolute Gasteiger partial charge is 0.400 e. The molecule has 1 atom stereocenters. The van der Waals surface area contributed by atoms with Gasteiger partial charge in [0.1, 0.15) is 11.3 Å². The van der Waals surface area contributed by atoms with E-state index in [9.17, 15) is 0 Å². The molecule has 0 saturated carbocycles. The van der Waals surface area contributed by atoms with E-state index in [1.807, 2.05) is 0 Å². The molecule has 0 amide bonds. The van der Waals surface area contributed by atoms with E-state index >= 15 is 0 Å². The second-order valence-electron chi connectivity index (χ2n) is 9.17. The van der Waals surface area contributed by atoms with Crippen molar-refractivity contribution >= 4 is 52.1 Å². The maximum atomic E-state index is 5.22. The normalized spacial score (nSPS) is 21.1. The number of aliphatic imine (C=N–C) groups is 2. The van der Waals surface area contributed by atoms with Crippen molar-refractivity contribution in [2.24, 2.45) is 15.0 Å². The monoisotopic (exact) mass is 409 g/mol. The number of rotatable bonds is 0. The van der Waals surface area contributed by atoms with Crippen LogP contribution in [0.4, 0.5) is 5.82 Å². The van der Waals surface area contributed by atoms with Gasteiger partial charge in [-0.3, -0.25) is 0 Å². The van der Waals surface area contributed by atoms with Crippen LogP contribution in [0.3, 0.4) is 0 Å². The molecule has 9 rings (SSSR count). The van der Waals surface area contributed by atoms with Crippen molar-refractivity contribution in [1.82, 2.24) is 8.96 Å². The number of amidine groups is 2. The van der Waals surface area contributed by atoms with Crippen LogP contribution in [0.15, 0.2) is 86.8 Å². The van der Waals surface area contributed by atoms with Crippen molar-refractivity contribution in [3.05, 3.63) is 88.4 Å². The summed E-state index contributed by atoms with van der Waals surface area (Å²) in [6.45, 7) is 0.184. The van der Waals surface area contributed by atoms with E-state index in [0.29, 0.717) is 5.82 Å². The maximum absolute atomic E-state index is 5.22. The van der Waals surface area contributed by atoms with E-state index in [-0.39, 0.29) is 6.98 Å². The molecule has 32 heavy (non-hydrogen) atoms. The molecule has 5 nitrogen and oxygen atoms in total. The van der Waals surface area contributed by atoms with Gasteiger partial charge in [-0.25, -0.2) is 15.0 Å². The third-order valence-corrected chi connectivity index (χ3v) is 7.68. The molecule has 2 aromatic carbocycles. The first-order valence-corrected chi connectivity index (χ1v) is 11.3. The van der Waals surface area contributed by atoms with Crippen molar-refractivity contribution in [1.29, 1.82) is 0 Å². The van der Waals surface area contributed by atoms with Crippen LogP contribution in [0.2, 0.25) is 0 Å². The van der Waals surface area contributed by atoms with Gasteiger partial charge in [-0.05, 0) is 12.8 Å². The van der Waals surface area contributed by atoms with Crippen molar-refractivity contribution in [2.75, 3.05) is 0 Å². The molecule has 6 heterocycles. The number of benzene rings is 2. The van der Waals surface area contributed by atoms with Gasteiger partial charge >= 0.3 is 6.98 Å². The van der Waals surface area contributed by atoms with Gasteiger partial charge in [0.25, 0.3) is 0 Å². The zero-order valence-corrected chi connectivity index (χ0v) is 17.2. The Labute approximate surface area is 183 Å². The van der Waals surface area contributed by atoms with Gasteiger partial charge in [0.15, 0.2) is 11.7 Å². The van der Waals surface area contributed by atoms with E-state index in [2.05, 4.69) is 75.7 Å². The predicted octanol–water partition coefficient (Wildman–Crippen LogP) is 3.63. The third kappa shape index (κ3) is 1.60. The van der Waals surface area contributed by atoms with Crippen LogP contribution in [0.5, 0.6) is 0 Å². The van der Waals surface area contributed by atoms with Crippen molar-refractivity contribution in [2.45, 2.75) is 18.7 Å². The minimum atomic E-state index is 0.184. The molecule has 6 heteroatoms. The van der Waals surface area contributed by atoms with Crippen LogP contribution in [0, 0.1) is 0 Å². The molecule has 0 radical (unpaired) electrons. The topological polar surface area (TPSA) is 46.9 Å². The van der Waals surface area contributed by atoms with Gasteiger partial charge in [0.05, 0.1) is 0 Å². The summed E-state index contributed by atoms with van der Waals surface area (Å²) in [6, 6.07) is 17.3. The van der Waals surface area contributed by atoms with Gasteiger partial charge < -0.3 is 8.96 Å². The Balaban J connectivity index is 1.53. The molecule has 0 fully saturated rings. The fourth-order valence-electron chi connectivity index (χ4n) is 6.37. The lowest BCUT2D eigenvalue weighted by molar-refractivity contribution is 0.866. The van der Waals surface area contributed by atoms with Gasteiger partial charge in [0.2, 0.25) is 0 Å². The van der Waals surface area contributed by atoms with Crippen LogP contribution < -0.4 is 10.8 Å². The van der Waals surface area contributed by atoms with E-state index in [1.54, 1.807) is 0 Å². The summed E-state index contributed by atoms with van der Waals surface area (Å²) < 4.78 is 4.86. The lowest BCUT2D eigenvalue weighted by Gasteiger charge is -2.33. The minimum Gasteiger partial charge on any atom is -0.352 e. The molecule has 5 aliphatic rings. The summed E-state index contributed by atoms with van der Waals surface area (Å²) in [6.07, 6.45) is 8.84.